The first-order valence-corrected chi connectivity index (χ1v) is 5.84. The molecule has 0 radical (unpaired) electrons. The Labute approximate surface area is 109 Å². The highest BCUT2D eigenvalue weighted by atomic mass is 16.3. The minimum Gasteiger partial charge on any atom is -0.389 e. The maximum atomic E-state index is 11.9. The summed E-state index contributed by atoms with van der Waals surface area (Å²) in [6.45, 7) is 1.66. The second-order valence-corrected chi connectivity index (χ2v) is 4.20. The van der Waals surface area contributed by atoms with Gasteiger partial charge in [-0.25, -0.2) is 0 Å². The Morgan fingerprint density at radius 2 is 2.11 bits per heavy atom. The predicted molar refractivity (Wildman–Crippen MR) is 72.1 cm³/mol. The maximum absolute atomic E-state index is 11.9. The van der Waals surface area contributed by atoms with Crippen LogP contribution in [0.15, 0.2) is 47.4 Å². The molecule has 0 aliphatic heterocycles. The average molecular weight is 258 g/mol. The Morgan fingerprint density at radius 3 is 2.74 bits per heavy atom. The number of aromatic nitrogens is 1. The molecule has 0 spiro atoms. The van der Waals surface area contributed by atoms with Gasteiger partial charge in [0, 0.05) is 18.0 Å². The van der Waals surface area contributed by atoms with Gasteiger partial charge in [0.25, 0.3) is 5.91 Å². The van der Waals surface area contributed by atoms with Crippen molar-refractivity contribution in [1.29, 1.82) is 0 Å². The molecular formula is C14H14N2O3. The van der Waals surface area contributed by atoms with E-state index in [0.717, 1.165) is 5.56 Å². The van der Waals surface area contributed by atoms with Crippen molar-refractivity contribution < 1.29 is 9.90 Å². The van der Waals surface area contributed by atoms with Gasteiger partial charge in [-0.05, 0) is 30.7 Å². The quantitative estimate of drug-likeness (QED) is 0.783. The molecule has 5 heteroatoms. The summed E-state index contributed by atoms with van der Waals surface area (Å²) in [7, 11) is 0. The lowest BCUT2D eigenvalue weighted by atomic mass is 10.1. The Balaban J connectivity index is 2.17. The fourth-order valence-corrected chi connectivity index (χ4v) is 1.63. The van der Waals surface area contributed by atoms with Gasteiger partial charge in [0.15, 0.2) is 0 Å². The van der Waals surface area contributed by atoms with Crippen molar-refractivity contribution in [1.82, 2.24) is 4.98 Å². The van der Waals surface area contributed by atoms with E-state index in [1.54, 1.807) is 31.2 Å². The van der Waals surface area contributed by atoms with Gasteiger partial charge in [0.05, 0.1) is 11.7 Å². The Morgan fingerprint density at radius 1 is 1.32 bits per heavy atom. The van der Waals surface area contributed by atoms with Crippen molar-refractivity contribution in [3.63, 3.8) is 0 Å². The number of rotatable bonds is 3. The van der Waals surface area contributed by atoms with Gasteiger partial charge in [-0.2, -0.15) is 0 Å². The minimum absolute atomic E-state index is 0.257. The summed E-state index contributed by atoms with van der Waals surface area (Å²) >= 11 is 0. The summed E-state index contributed by atoms with van der Waals surface area (Å²) in [5.41, 5.74) is 1.42. The van der Waals surface area contributed by atoms with E-state index >= 15 is 0 Å². The van der Waals surface area contributed by atoms with E-state index in [-0.39, 0.29) is 11.5 Å². The van der Waals surface area contributed by atoms with Crippen LogP contribution in [0, 0.1) is 0 Å². The molecule has 0 fully saturated rings. The minimum atomic E-state index is -0.593. The zero-order valence-electron chi connectivity index (χ0n) is 10.4. The molecule has 3 N–H and O–H groups in total. The smallest absolute Gasteiger partial charge is 0.257 e. The van der Waals surface area contributed by atoms with Crippen molar-refractivity contribution in [3.8, 4) is 0 Å². The molecule has 1 amide bonds. The van der Waals surface area contributed by atoms with E-state index in [4.69, 9.17) is 0 Å². The zero-order chi connectivity index (χ0) is 13.8. The number of carbonyl (C=O) groups excluding carboxylic acids is 1. The van der Waals surface area contributed by atoms with E-state index < -0.39 is 6.10 Å². The van der Waals surface area contributed by atoms with Crippen LogP contribution >= 0.6 is 0 Å². The van der Waals surface area contributed by atoms with Crippen LogP contribution in [0.1, 0.15) is 28.9 Å². The highest BCUT2D eigenvalue weighted by molar-refractivity contribution is 6.04. The Kier molecular flexibility index (Phi) is 3.77. The second kappa shape index (κ2) is 5.49. The highest BCUT2D eigenvalue weighted by Gasteiger charge is 2.07. The molecule has 1 aromatic carbocycles. The summed E-state index contributed by atoms with van der Waals surface area (Å²) in [6, 6.07) is 9.71. The van der Waals surface area contributed by atoms with Crippen LogP contribution in [-0.4, -0.2) is 16.0 Å². The number of aromatic amines is 1. The topological polar surface area (TPSA) is 82.2 Å². The second-order valence-electron chi connectivity index (χ2n) is 4.20. The van der Waals surface area contributed by atoms with Gasteiger partial charge in [0.2, 0.25) is 5.56 Å². The van der Waals surface area contributed by atoms with E-state index in [1.165, 1.54) is 18.3 Å². The third kappa shape index (κ3) is 3.29. The molecule has 0 bridgehead atoms. The van der Waals surface area contributed by atoms with Gasteiger partial charge in [-0.3, -0.25) is 9.59 Å². The third-order valence-corrected chi connectivity index (χ3v) is 2.67. The fourth-order valence-electron chi connectivity index (χ4n) is 1.63. The van der Waals surface area contributed by atoms with Gasteiger partial charge in [-0.15, -0.1) is 0 Å². The van der Waals surface area contributed by atoms with E-state index in [1.807, 2.05) is 0 Å². The molecule has 1 aromatic heterocycles. The summed E-state index contributed by atoms with van der Waals surface area (Å²) in [5.74, 6) is -0.320. The number of aliphatic hydroxyl groups excluding tert-OH is 1. The normalized spacial score (nSPS) is 11.9. The van der Waals surface area contributed by atoms with Crippen molar-refractivity contribution in [2.75, 3.05) is 5.32 Å². The van der Waals surface area contributed by atoms with Crippen molar-refractivity contribution in [2.24, 2.45) is 0 Å². The number of hydrogen-bond donors (Lipinski definition) is 3. The standard InChI is InChI=1S/C14H14N2O3/c1-9(17)10-3-2-4-12(7-10)16-14(19)11-5-6-13(18)15-8-11/h2-9,17H,1H3,(H,15,18)(H,16,19). The summed E-state index contributed by atoms with van der Waals surface area (Å²) in [5, 5.41) is 12.2. The molecule has 1 unspecified atom stereocenters. The lowest BCUT2D eigenvalue weighted by Crippen LogP contribution is -2.14. The van der Waals surface area contributed by atoms with E-state index in [0.29, 0.717) is 11.3 Å². The predicted octanol–water partition coefficient (Wildman–Crippen LogP) is 1.68. The number of nitrogens with one attached hydrogen (secondary N) is 2. The molecule has 2 aromatic rings. The molecule has 0 saturated heterocycles. The number of aliphatic hydroxyl groups is 1. The average Bonchev–Trinajstić information content (AvgIpc) is 2.39. The number of carbonyl (C=O) groups is 1. The number of pyridine rings is 1. The van der Waals surface area contributed by atoms with E-state index in [9.17, 15) is 14.7 Å². The molecule has 98 valence electrons. The molecule has 2 rings (SSSR count). The van der Waals surface area contributed by atoms with Crippen molar-refractivity contribution >= 4 is 11.6 Å². The molecule has 0 aliphatic carbocycles. The molecule has 1 atom stereocenters. The number of benzene rings is 1. The van der Waals surface area contributed by atoms with E-state index in [2.05, 4.69) is 10.3 Å². The first-order chi connectivity index (χ1) is 9.06. The lowest BCUT2D eigenvalue weighted by molar-refractivity contribution is 0.102. The van der Waals surface area contributed by atoms with Crippen LogP contribution in [0.2, 0.25) is 0 Å². The van der Waals surface area contributed by atoms with Crippen LogP contribution < -0.4 is 10.9 Å². The van der Waals surface area contributed by atoms with Crippen LogP contribution in [-0.2, 0) is 0 Å². The molecule has 5 nitrogen and oxygen atoms in total. The summed E-state index contributed by atoms with van der Waals surface area (Å²) in [6.07, 6.45) is 0.765. The van der Waals surface area contributed by atoms with Crippen LogP contribution in [0.3, 0.4) is 0 Å². The molecule has 0 saturated carbocycles. The lowest BCUT2D eigenvalue weighted by Gasteiger charge is -2.09. The molecule has 1 heterocycles. The fraction of sp³-hybridized carbons (Fsp3) is 0.143. The van der Waals surface area contributed by atoms with Gasteiger partial charge < -0.3 is 15.4 Å². The third-order valence-electron chi connectivity index (χ3n) is 2.67. The van der Waals surface area contributed by atoms with Crippen molar-refractivity contribution in [3.05, 3.63) is 64.1 Å². The van der Waals surface area contributed by atoms with Crippen LogP contribution in [0.5, 0.6) is 0 Å². The monoisotopic (exact) mass is 258 g/mol. The first kappa shape index (κ1) is 13.0. The highest BCUT2D eigenvalue weighted by Crippen LogP contribution is 2.17. The number of hydrogen-bond acceptors (Lipinski definition) is 3. The zero-order valence-corrected chi connectivity index (χ0v) is 10.4. The van der Waals surface area contributed by atoms with Crippen LogP contribution in [0.25, 0.3) is 0 Å². The largest absolute Gasteiger partial charge is 0.389 e. The van der Waals surface area contributed by atoms with Gasteiger partial charge in [-0.1, -0.05) is 12.1 Å². The van der Waals surface area contributed by atoms with Crippen LogP contribution in [0.4, 0.5) is 5.69 Å². The van der Waals surface area contributed by atoms with Gasteiger partial charge in [0.1, 0.15) is 0 Å². The molecule has 0 aliphatic rings. The molecular weight excluding hydrogens is 244 g/mol. The van der Waals surface area contributed by atoms with Gasteiger partial charge >= 0.3 is 0 Å². The summed E-state index contributed by atoms with van der Waals surface area (Å²) < 4.78 is 0. The SMILES string of the molecule is CC(O)c1cccc(NC(=O)c2ccc(=O)[nH]c2)c1. The number of amides is 1. The summed E-state index contributed by atoms with van der Waals surface area (Å²) in [4.78, 5) is 25.3. The number of anilines is 1. The maximum Gasteiger partial charge on any atom is 0.257 e. The first-order valence-electron chi connectivity index (χ1n) is 5.84. The number of H-pyrrole nitrogens is 1. The Bertz CT molecular complexity index is 627. The molecule has 19 heavy (non-hydrogen) atoms. The Hall–Kier alpha value is -2.40. The van der Waals surface area contributed by atoms with Crippen molar-refractivity contribution in [2.45, 2.75) is 13.0 Å².